The largest absolute Gasteiger partial charge is 0.353 e. The molecular formula is C20H16ClN3O2. The van der Waals surface area contributed by atoms with E-state index >= 15 is 0 Å². The van der Waals surface area contributed by atoms with Crippen molar-refractivity contribution in [2.24, 2.45) is 0 Å². The van der Waals surface area contributed by atoms with Crippen molar-refractivity contribution in [2.75, 3.05) is 10.6 Å². The smallest absolute Gasteiger partial charge is 0.257 e. The highest BCUT2D eigenvalue weighted by molar-refractivity contribution is 6.31. The van der Waals surface area contributed by atoms with E-state index in [-0.39, 0.29) is 11.5 Å². The average molecular weight is 366 g/mol. The van der Waals surface area contributed by atoms with E-state index in [9.17, 15) is 9.59 Å². The minimum atomic E-state index is -0.181. The van der Waals surface area contributed by atoms with E-state index in [0.29, 0.717) is 34.9 Å². The lowest BCUT2D eigenvalue weighted by Crippen LogP contribution is -2.18. The molecule has 0 saturated heterocycles. The number of aryl methyl sites for hydroxylation is 2. The minimum Gasteiger partial charge on any atom is -0.353 e. The first-order valence-corrected chi connectivity index (χ1v) is 8.64. The monoisotopic (exact) mass is 365 g/mol. The molecule has 0 fully saturated rings. The van der Waals surface area contributed by atoms with Crippen LogP contribution in [0.1, 0.15) is 15.9 Å². The molecule has 0 saturated carbocycles. The number of amides is 1. The number of nitrogens with one attached hydrogen (secondary N) is 2. The Balaban J connectivity index is 1.60. The molecule has 0 spiro atoms. The van der Waals surface area contributed by atoms with E-state index in [1.165, 1.54) is 0 Å². The Morgan fingerprint density at radius 1 is 0.885 bits per heavy atom. The normalized spacial score (nSPS) is 12.4. The molecule has 0 aliphatic carbocycles. The Labute approximate surface area is 155 Å². The van der Waals surface area contributed by atoms with Crippen LogP contribution in [0.5, 0.6) is 0 Å². The Morgan fingerprint density at radius 2 is 1.77 bits per heavy atom. The fourth-order valence-electron chi connectivity index (χ4n) is 3.01. The van der Waals surface area contributed by atoms with Gasteiger partial charge in [-0.25, -0.2) is 0 Å². The summed E-state index contributed by atoms with van der Waals surface area (Å²) in [4.78, 5) is 24.3. The molecule has 0 unspecified atom stereocenters. The number of rotatable bonds is 3. The minimum absolute atomic E-state index is 0.0236. The van der Waals surface area contributed by atoms with Gasteiger partial charge >= 0.3 is 0 Å². The summed E-state index contributed by atoms with van der Waals surface area (Å²) in [5.74, 6) is -0.181. The molecule has 1 amide bonds. The Kier molecular flexibility index (Phi) is 4.22. The van der Waals surface area contributed by atoms with Crippen LogP contribution in [-0.2, 0) is 13.0 Å². The molecule has 2 heterocycles. The molecule has 2 N–H and O–H groups in total. The van der Waals surface area contributed by atoms with Gasteiger partial charge in [-0.15, -0.1) is 0 Å². The van der Waals surface area contributed by atoms with Crippen molar-refractivity contribution in [3.63, 3.8) is 0 Å². The second kappa shape index (κ2) is 6.69. The average Bonchev–Trinajstić information content (AvgIpc) is 2.76. The van der Waals surface area contributed by atoms with Gasteiger partial charge in [0.25, 0.3) is 11.5 Å². The molecule has 0 radical (unpaired) electrons. The lowest BCUT2D eigenvalue weighted by atomic mass is 10.1. The van der Waals surface area contributed by atoms with Crippen LogP contribution in [0, 0.1) is 0 Å². The summed E-state index contributed by atoms with van der Waals surface area (Å²) in [6, 6.07) is 16.1. The van der Waals surface area contributed by atoms with E-state index in [1.807, 2.05) is 24.3 Å². The van der Waals surface area contributed by atoms with Gasteiger partial charge in [-0.2, -0.15) is 0 Å². The predicted molar refractivity (Wildman–Crippen MR) is 104 cm³/mol. The molecular weight excluding hydrogens is 350 g/mol. The summed E-state index contributed by atoms with van der Waals surface area (Å²) >= 11 is 6.04. The number of nitrogens with zero attached hydrogens (tertiary/aromatic N) is 1. The zero-order valence-electron chi connectivity index (χ0n) is 13.8. The van der Waals surface area contributed by atoms with E-state index < -0.39 is 0 Å². The van der Waals surface area contributed by atoms with Gasteiger partial charge in [-0.1, -0.05) is 23.7 Å². The topological polar surface area (TPSA) is 63.1 Å². The molecule has 130 valence electrons. The molecule has 1 aromatic heterocycles. The van der Waals surface area contributed by atoms with Crippen molar-refractivity contribution in [2.45, 2.75) is 13.0 Å². The molecule has 26 heavy (non-hydrogen) atoms. The number of anilines is 3. The third-order valence-corrected chi connectivity index (χ3v) is 4.60. The third-order valence-electron chi connectivity index (χ3n) is 4.37. The van der Waals surface area contributed by atoms with E-state index in [0.717, 1.165) is 11.3 Å². The van der Waals surface area contributed by atoms with Crippen LogP contribution in [0.4, 0.5) is 17.1 Å². The zero-order valence-corrected chi connectivity index (χ0v) is 14.6. The van der Waals surface area contributed by atoms with Crippen molar-refractivity contribution >= 4 is 34.6 Å². The molecule has 1 aliphatic rings. The summed E-state index contributed by atoms with van der Waals surface area (Å²) < 4.78 is 1.67. The van der Waals surface area contributed by atoms with Crippen molar-refractivity contribution in [3.05, 3.63) is 87.3 Å². The van der Waals surface area contributed by atoms with Gasteiger partial charge in [0.2, 0.25) is 0 Å². The van der Waals surface area contributed by atoms with Crippen LogP contribution in [0.25, 0.3) is 0 Å². The molecule has 1 aliphatic heterocycles. The van der Waals surface area contributed by atoms with Gasteiger partial charge < -0.3 is 15.2 Å². The van der Waals surface area contributed by atoms with Gasteiger partial charge in [0.05, 0.1) is 22.6 Å². The Morgan fingerprint density at radius 3 is 2.62 bits per heavy atom. The molecule has 3 aromatic rings. The van der Waals surface area contributed by atoms with Crippen LogP contribution in [0.2, 0.25) is 5.02 Å². The highest BCUT2D eigenvalue weighted by Gasteiger charge is 2.19. The van der Waals surface area contributed by atoms with E-state index in [4.69, 9.17) is 11.6 Å². The summed E-state index contributed by atoms with van der Waals surface area (Å²) in [6.07, 6.45) is 2.46. The zero-order chi connectivity index (χ0) is 18.1. The first-order chi connectivity index (χ1) is 12.6. The second-order valence-electron chi connectivity index (χ2n) is 6.13. The molecule has 4 rings (SSSR count). The van der Waals surface area contributed by atoms with Crippen LogP contribution in [0.3, 0.4) is 0 Å². The standard InChI is InChI=1S/C20H16ClN3O2/c21-14-5-6-15-17(12-14)22-16-7-4-13(11-18(16)23-20(15)26)8-10-24-9-2-1-3-19(24)25/h1-7,9,11-12,22H,8,10H2,(H,23,26). The number of hydrogen-bond acceptors (Lipinski definition) is 3. The van der Waals surface area contributed by atoms with E-state index in [1.54, 1.807) is 41.1 Å². The van der Waals surface area contributed by atoms with Gasteiger partial charge in [-0.3, -0.25) is 9.59 Å². The van der Waals surface area contributed by atoms with Crippen LogP contribution in [0.15, 0.2) is 65.6 Å². The van der Waals surface area contributed by atoms with Crippen LogP contribution < -0.4 is 16.2 Å². The van der Waals surface area contributed by atoms with Crippen molar-refractivity contribution in [3.8, 4) is 0 Å². The second-order valence-corrected chi connectivity index (χ2v) is 6.57. The quantitative estimate of drug-likeness (QED) is 0.736. The van der Waals surface area contributed by atoms with Crippen molar-refractivity contribution in [1.29, 1.82) is 0 Å². The summed E-state index contributed by atoms with van der Waals surface area (Å²) in [5.41, 5.74) is 3.75. The van der Waals surface area contributed by atoms with E-state index in [2.05, 4.69) is 10.6 Å². The lowest BCUT2D eigenvalue weighted by Gasteiger charge is -2.11. The molecule has 6 heteroatoms. The van der Waals surface area contributed by atoms with Gasteiger partial charge in [-0.05, 0) is 48.4 Å². The maximum Gasteiger partial charge on any atom is 0.257 e. The molecule has 0 atom stereocenters. The summed E-state index contributed by atoms with van der Waals surface area (Å²) in [7, 11) is 0. The molecule has 0 bridgehead atoms. The lowest BCUT2D eigenvalue weighted by molar-refractivity contribution is 0.102. The maximum atomic E-state index is 12.5. The van der Waals surface area contributed by atoms with Gasteiger partial charge in [0.15, 0.2) is 0 Å². The number of carbonyl (C=O) groups is 1. The molecule has 5 nitrogen and oxygen atoms in total. The Bertz CT molecular complexity index is 1060. The number of fused-ring (bicyclic) bond motifs is 2. The predicted octanol–water partition coefficient (Wildman–Crippen LogP) is 4.05. The number of hydrogen-bond donors (Lipinski definition) is 2. The summed E-state index contributed by atoms with van der Waals surface area (Å²) in [6.45, 7) is 0.579. The third kappa shape index (κ3) is 3.21. The molecule has 2 aromatic carbocycles. The Hall–Kier alpha value is -3.05. The number of halogens is 1. The highest BCUT2D eigenvalue weighted by atomic mass is 35.5. The number of aromatic nitrogens is 1. The number of benzene rings is 2. The van der Waals surface area contributed by atoms with Crippen LogP contribution >= 0.6 is 11.6 Å². The number of carbonyl (C=O) groups excluding carboxylic acids is 1. The van der Waals surface area contributed by atoms with Crippen LogP contribution in [-0.4, -0.2) is 10.5 Å². The van der Waals surface area contributed by atoms with Crippen molar-refractivity contribution < 1.29 is 4.79 Å². The highest BCUT2D eigenvalue weighted by Crippen LogP contribution is 2.34. The number of pyridine rings is 1. The van der Waals surface area contributed by atoms with Crippen molar-refractivity contribution in [1.82, 2.24) is 4.57 Å². The fourth-order valence-corrected chi connectivity index (χ4v) is 3.18. The first kappa shape index (κ1) is 16.4. The van der Waals surface area contributed by atoms with Gasteiger partial charge in [0, 0.05) is 23.8 Å². The maximum absolute atomic E-state index is 12.5. The first-order valence-electron chi connectivity index (χ1n) is 8.26. The van der Waals surface area contributed by atoms with Gasteiger partial charge in [0.1, 0.15) is 0 Å². The summed E-state index contributed by atoms with van der Waals surface area (Å²) in [5, 5.41) is 6.76. The fraction of sp³-hybridized carbons (Fsp3) is 0.100. The SMILES string of the molecule is O=C1Nc2cc(CCn3ccccc3=O)ccc2Nc2cc(Cl)ccc21.